The van der Waals surface area contributed by atoms with Crippen LogP contribution in [0, 0.1) is 0 Å². The predicted octanol–water partition coefficient (Wildman–Crippen LogP) is 11.7. The third-order valence-corrected chi connectivity index (χ3v) is 8.53. The highest BCUT2D eigenvalue weighted by Gasteiger charge is 2.17. The molecule has 0 saturated carbocycles. The van der Waals surface area contributed by atoms with Crippen molar-refractivity contribution in [2.45, 2.75) is 0 Å². The van der Waals surface area contributed by atoms with E-state index < -0.39 is 0 Å². The minimum Gasteiger partial charge on any atom is -0.256 e. The highest BCUT2D eigenvalue weighted by molar-refractivity contribution is 6.21. The van der Waals surface area contributed by atoms with Crippen molar-refractivity contribution in [3.05, 3.63) is 176 Å². The molecule has 0 aliphatic rings. The van der Waals surface area contributed by atoms with Crippen molar-refractivity contribution in [2.24, 2.45) is 0 Å². The topological polar surface area (TPSA) is 12.9 Å². The number of pyridine rings is 1. The van der Waals surface area contributed by atoms with Crippen molar-refractivity contribution in [1.29, 1.82) is 0 Å². The zero-order valence-electron chi connectivity index (χ0n) is 24.2. The molecule has 7 aromatic carbocycles. The number of aromatic nitrogens is 1. The van der Waals surface area contributed by atoms with Gasteiger partial charge in [0, 0.05) is 17.3 Å². The lowest BCUT2D eigenvalue weighted by molar-refractivity contribution is 1.32. The number of nitrogens with zero attached hydrogens (tertiary/aromatic N) is 1. The number of hydrogen-bond acceptors (Lipinski definition) is 1. The molecule has 0 bridgehead atoms. The second-order valence-electron chi connectivity index (χ2n) is 11.2. The maximum atomic E-state index is 4.78. The quantitative estimate of drug-likeness (QED) is 0.191. The Balaban J connectivity index is 1.26. The highest BCUT2D eigenvalue weighted by atomic mass is 14.7. The third kappa shape index (κ3) is 4.65. The van der Waals surface area contributed by atoms with Gasteiger partial charge in [-0.1, -0.05) is 158 Å². The van der Waals surface area contributed by atoms with Gasteiger partial charge in [0.1, 0.15) is 0 Å². The molecule has 0 N–H and O–H groups in total. The zero-order valence-corrected chi connectivity index (χ0v) is 24.2. The molecule has 0 atom stereocenters. The molecule has 0 unspecified atom stereocenters. The largest absolute Gasteiger partial charge is 0.256 e. The molecule has 8 rings (SSSR count). The summed E-state index contributed by atoms with van der Waals surface area (Å²) in [6, 6.07) is 60.8. The molecule has 1 aromatic heterocycles. The summed E-state index contributed by atoms with van der Waals surface area (Å²) in [5.74, 6) is 0. The van der Waals surface area contributed by atoms with E-state index in [4.69, 9.17) is 4.98 Å². The van der Waals surface area contributed by atoms with E-state index in [0.717, 1.165) is 16.8 Å². The van der Waals surface area contributed by atoms with Gasteiger partial charge in [-0.25, -0.2) is 0 Å². The Morgan fingerprint density at radius 3 is 1.27 bits per heavy atom. The Morgan fingerprint density at radius 2 is 0.705 bits per heavy atom. The van der Waals surface area contributed by atoms with Crippen LogP contribution in [-0.4, -0.2) is 4.98 Å². The molecule has 1 nitrogen and oxygen atoms in total. The van der Waals surface area contributed by atoms with Gasteiger partial charge in [0.05, 0.1) is 5.69 Å². The van der Waals surface area contributed by atoms with Crippen LogP contribution in [0.2, 0.25) is 0 Å². The summed E-state index contributed by atoms with van der Waals surface area (Å²) >= 11 is 0. The van der Waals surface area contributed by atoms with Gasteiger partial charge in [0.2, 0.25) is 0 Å². The Bertz CT molecular complexity index is 2220. The number of hydrogen-bond donors (Lipinski definition) is 0. The fraction of sp³-hybridized carbons (Fsp3) is 0. The first-order chi connectivity index (χ1) is 21.8. The molecular weight excluding hydrogens is 530 g/mol. The van der Waals surface area contributed by atoms with E-state index in [1.807, 2.05) is 12.3 Å². The van der Waals surface area contributed by atoms with Gasteiger partial charge in [-0.05, 0) is 72.6 Å². The van der Waals surface area contributed by atoms with Gasteiger partial charge >= 0.3 is 0 Å². The fourth-order valence-electron chi connectivity index (χ4n) is 6.39. The minimum absolute atomic E-state index is 0.972. The summed E-state index contributed by atoms with van der Waals surface area (Å²) in [5, 5.41) is 5.06. The minimum atomic E-state index is 0.972. The summed E-state index contributed by atoms with van der Waals surface area (Å²) in [6.45, 7) is 0. The van der Waals surface area contributed by atoms with Gasteiger partial charge < -0.3 is 0 Å². The molecule has 0 aliphatic carbocycles. The lowest BCUT2D eigenvalue weighted by atomic mass is 9.85. The summed E-state index contributed by atoms with van der Waals surface area (Å²) in [5.41, 5.74) is 11.8. The number of rotatable bonds is 5. The van der Waals surface area contributed by atoms with E-state index >= 15 is 0 Å². The Morgan fingerprint density at radius 1 is 0.273 bits per heavy atom. The van der Waals surface area contributed by atoms with Gasteiger partial charge in [0.15, 0.2) is 0 Å². The smallest absolute Gasteiger partial charge is 0.0702 e. The molecule has 206 valence electrons. The van der Waals surface area contributed by atoms with Crippen molar-refractivity contribution in [1.82, 2.24) is 4.98 Å². The van der Waals surface area contributed by atoms with Crippen LogP contribution in [0.4, 0.5) is 0 Å². The van der Waals surface area contributed by atoms with Crippen molar-refractivity contribution < 1.29 is 0 Å². The van der Waals surface area contributed by atoms with Crippen LogP contribution in [0.25, 0.3) is 77.3 Å². The first kappa shape index (κ1) is 25.9. The highest BCUT2D eigenvalue weighted by Crippen LogP contribution is 2.44. The average Bonchev–Trinajstić information content (AvgIpc) is 3.11. The summed E-state index contributed by atoms with van der Waals surface area (Å²) < 4.78 is 0. The van der Waals surface area contributed by atoms with Crippen molar-refractivity contribution in [3.8, 4) is 55.8 Å². The Hall–Kier alpha value is -5.79. The summed E-state index contributed by atoms with van der Waals surface area (Å²) in [6.07, 6.45) is 1.96. The molecule has 0 aliphatic heterocycles. The molecule has 0 radical (unpaired) electrons. The maximum absolute atomic E-state index is 4.78. The lowest BCUT2D eigenvalue weighted by Gasteiger charge is -2.18. The average molecular weight is 560 g/mol. The number of benzene rings is 7. The molecule has 0 fully saturated rings. The standard InChI is InChI=1S/C43H29N/c1-4-12-30(13-5-1)36-25-27-41(44-29-36)32-22-20-31(21-23-32)35-24-26-39-40(28-35)43(34-16-8-3-9-17-34)38-19-11-10-18-37(38)42(39)33-14-6-2-7-15-33/h1-29H. The summed E-state index contributed by atoms with van der Waals surface area (Å²) in [7, 11) is 0. The van der Waals surface area contributed by atoms with Crippen LogP contribution < -0.4 is 0 Å². The second-order valence-corrected chi connectivity index (χ2v) is 11.2. The van der Waals surface area contributed by atoms with Crippen LogP contribution in [0.1, 0.15) is 0 Å². The van der Waals surface area contributed by atoms with Gasteiger partial charge in [-0.3, -0.25) is 4.98 Å². The Kier molecular flexibility index (Phi) is 6.55. The monoisotopic (exact) mass is 559 g/mol. The molecule has 44 heavy (non-hydrogen) atoms. The molecule has 8 aromatic rings. The molecule has 0 saturated heterocycles. The first-order valence-electron chi connectivity index (χ1n) is 15.0. The van der Waals surface area contributed by atoms with E-state index in [0.29, 0.717) is 0 Å². The van der Waals surface area contributed by atoms with Gasteiger partial charge in [-0.2, -0.15) is 0 Å². The molecular formula is C43H29N. The summed E-state index contributed by atoms with van der Waals surface area (Å²) in [4.78, 5) is 4.78. The van der Waals surface area contributed by atoms with Crippen LogP contribution in [0.3, 0.4) is 0 Å². The van der Waals surface area contributed by atoms with Crippen LogP contribution >= 0.6 is 0 Å². The normalized spacial score (nSPS) is 11.2. The maximum Gasteiger partial charge on any atom is 0.0702 e. The van der Waals surface area contributed by atoms with Crippen molar-refractivity contribution >= 4 is 21.5 Å². The van der Waals surface area contributed by atoms with E-state index in [2.05, 4.69) is 164 Å². The van der Waals surface area contributed by atoms with Crippen molar-refractivity contribution in [2.75, 3.05) is 0 Å². The van der Waals surface area contributed by atoms with Crippen LogP contribution in [-0.2, 0) is 0 Å². The predicted molar refractivity (Wildman–Crippen MR) is 186 cm³/mol. The molecule has 0 spiro atoms. The number of fused-ring (bicyclic) bond motifs is 2. The third-order valence-electron chi connectivity index (χ3n) is 8.53. The molecule has 0 amide bonds. The van der Waals surface area contributed by atoms with Gasteiger partial charge in [-0.15, -0.1) is 0 Å². The first-order valence-corrected chi connectivity index (χ1v) is 15.0. The SMILES string of the molecule is c1ccc(-c2ccc(-c3ccc(-c4ccc5c(-c6ccccc6)c6ccccc6c(-c6ccccc6)c5c4)cc3)nc2)cc1. The van der Waals surface area contributed by atoms with Crippen molar-refractivity contribution in [3.63, 3.8) is 0 Å². The lowest BCUT2D eigenvalue weighted by Crippen LogP contribution is -1.91. The van der Waals surface area contributed by atoms with E-state index in [1.165, 1.54) is 60.5 Å². The van der Waals surface area contributed by atoms with Crippen LogP contribution in [0.5, 0.6) is 0 Å². The van der Waals surface area contributed by atoms with Gasteiger partial charge in [0.25, 0.3) is 0 Å². The van der Waals surface area contributed by atoms with E-state index in [9.17, 15) is 0 Å². The fourth-order valence-corrected chi connectivity index (χ4v) is 6.39. The zero-order chi connectivity index (χ0) is 29.3. The van der Waals surface area contributed by atoms with E-state index in [1.54, 1.807) is 0 Å². The Labute approximate surface area is 257 Å². The second kappa shape index (κ2) is 11.1. The molecule has 1 heteroatoms. The molecule has 1 heterocycles. The van der Waals surface area contributed by atoms with Crippen LogP contribution in [0.15, 0.2) is 176 Å². The van der Waals surface area contributed by atoms with E-state index in [-0.39, 0.29) is 0 Å².